The summed E-state index contributed by atoms with van der Waals surface area (Å²) in [6, 6.07) is 5.74. The number of rotatable bonds is 5. The first-order chi connectivity index (χ1) is 9.10. The van der Waals surface area contributed by atoms with Crippen molar-refractivity contribution in [2.75, 3.05) is 32.4 Å². The van der Waals surface area contributed by atoms with Crippen LogP contribution in [0.5, 0.6) is 0 Å². The third-order valence-electron chi connectivity index (χ3n) is 3.95. The molecule has 3 nitrogen and oxygen atoms in total. The van der Waals surface area contributed by atoms with Crippen LogP contribution in [0.2, 0.25) is 0 Å². The maximum Gasteiger partial charge on any atom is 0.146 e. The number of nitrogens with two attached hydrogens (primary N) is 1. The number of hydrogen-bond donors (Lipinski definition) is 1. The fraction of sp³-hybridized carbons (Fsp3) is 0.600. The van der Waals surface area contributed by atoms with E-state index in [2.05, 4.69) is 23.8 Å². The molecule has 1 fully saturated rings. The van der Waals surface area contributed by atoms with Gasteiger partial charge in [0.15, 0.2) is 0 Å². The van der Waals surface area contributed by atoms with Crippen molar-refractivity contribution in [3.8, 4) is 0 Å². The van der Waals surface area contributed by atoms with Gasteiger partial charge in [-0.2, -0.15) is 0 Å². The van der Waals surface area contributed by atoms with Gasteiger partial charge in [-0.05, 0) is 50.7 Å². The van der Waals surface area contributed by atoms with Crippen LogP contribution < -0.4 is 5.73 Å². The van der Waals surface area contributed by atoms with E-state index < -0.39 is 0 Å². The van der Waals surface area contributed by atoms with Gasteiger partial charge < -0.3 is 10.6 Å². The lowest BCUT2D eigenvalue weighted by Gasteiger charge is -2.27. The molecule has 4 heteroatoms. The topological polar surface area (TPSA) is 32.5 Å². The number of nitrogen functional groups attached to an aromatic ring is 1. The molecule has 19 heavy (non-hydrogen) atoms. The Bertz CT molecular complexity index is 422. The van der Waals surface area contributed by atoms with Gasteiger partial charge >= 0.3 is 0 Å². The van der Waals surface area contributed by atoms with Crippen molar-refractivity contribution in [3.63, 3.8) is 0 Å². The zero-order valence-electron chi connectivity index (χ0n) is 11.9. The van der Waals surface area contributed by atoms with Crippen molar-refractivity contribution in [2.45, 2.75) is 32.4 Å². The fourth-order valence-corrected chi connectivity index (χ4v) is 2.92. The van der Waals surface area contributed by atoms with E-state index >= 15 is 0 Å². The van der Waals surface area contributed by atoms with Gasteiger partial charge in [0.1, 0.15) is 5.82 Å². The van der Waals surface area contributed by atoms with Crippen LogP contribution in [0.3, 0.4) is 0 Å². The van der Waals surface area contributed by atoms with Crippen LogP contribution in [-0.4, -0.2) is 42.5 Å². The summed E-state index contributed by atoms with van der Waals surface area (Å²) < 4.78 is 13.4. The molecule has 0 spiro atoms. The van der Waals surface area contributed by atoms with Crippen molar-refractivity contribution >= 4 is 5.69 Å². The summed E-state index contributed by atoms with van der Waals surface area (Å²) in [7, 11) is 2.10. The fourth-order valence-electron chi connectivity index (χ4n) is 2.92. The molecular weight excluding hydrogens is 241 g/mol. The largest absolute Gasteiger partial charge is 0.396 e. The van der Waals surface area contributed by atoms with E-state index in [1.165, 1.54) is 25.5 Å². The van der Waals surface area contributed by atoms with Crippen molar-refractivity contribution < 1.29 is 4.39 Å². The molecule has 106 valence electrons. The molecule has 1 atom stereocenters. The minimum absolute atomic E-state index is 0.222. The Morgan fingerprint density at radius 2 is 2.26 bits per heavy atom. The van der Waals surface area contributed by atoms with Crippen molar-refractivity contribution in [3.05, 3.63) is 29.6 Å². The highest BCUT2D eigenvalue weighted by Gasteiger charge is 2.23. The number of anilines is 1. The quantitative estimate of drug-likeness (QED) is 0.829. The van der Waals surface area contributed by atoms with Crippen molar-refractivity contribution in [1.29, 1.82) is 0 Å². The van der Waals surface area contributed by atoms with Gasteiger partial charge in [-0.25, -0.2) is 4.39 Å². The first-order valence-corrected chi connectivity index (χ1v) is 7.06. The summed E-state index contributed by atoms with van der Waals surface area (Å²) in [4.78, 5) is 4.80. The van der Waals surface area contributed by atoms with E-state index in [1.807, 2.05) is 6.07 Å². The zero-order chi connectivity index (χ0) is 13.8. The number of nitrogens with zero attached hydrogens (tertiary/aromatic N) is 2. The summed E-state index contributed by atoms with van der Waals surface area (Å²) in [6.07, 6.45) is 2.57. The van der Waals surface area contributed by atoms with Crippen LogP contribution in [0.4, 0.5) is 10.1 Å². The standard InChI is InChI=1S/C15H24FN3/c1-3-19-8-4-5-13(19)11-18(2)10-12-6-7-15(17)14(16)9-12/h6-7,9,13H,3-5,8,10-11,17H2,1-2H3. The first kappa shape index (κ1) is 14.3. The van der Waals surface area contributed by atoms with Gasteiger partial charge in [-0.1, -0.05) is 13.0 Å². The summed E-state index contributed by atoms with van der Waals surface area (Å²) in [6.45, 7) is 6.36. The molecule has 0 bridgehead atoms. The van der Waals surface area contributed by atoms with E-state index in [4.69, 9.17) is 5.73 Å². The maximum atomic E-state index is 13.4. The Labute approximate surface area is 115 Å². The molecular formula is C15H24FN3. The molecule has 1 saturated heterocycles. The van der Waals surface area contributed by atoms with E-state index in [0.717, 1.165) is 25.2 Å². The zero-order valence-corrected chi connectivity index (χ0v) is 11.9. The predicted octanol–water partition coefficient (Wildman–Crippen LogP) is 2.32. The molecule has 1 aromatic carbocycles. The highest BCUT2D eigenvalue weighted by molar-refractivity contribution is 5.41. The number of benzene rings is 1. The summed E-state index contributed by atoms with van der Waals surface area (Å²) in [5, 5.41) is 0. The first-order valence-electron chi connectivity index (χ1n) is 7.06. The van der Waals surface area contributed by atoms with E-state index in [9.17, 15) is 4.39 Å². The lowest BCUT2D eigenvalue weighted by Crippen LogP contribution is -2.38. The third kappa shape index (κ3) is 3.67. The van der Waals surface area contributed by atoms with E-state index in [0.29, 0.717) is 6.04 Å². The molecule has 0 aliphatic carbocycles. The smallest absolute Gasteiger partial charge is 0.146 e. The van der Waals surface area contributed by atoms with E-state index in [-0.39, 0.29) is 11.5 Å². The number of likely N-dealkylation sites (N-methyl/N-ethyl adjacent to an activating group) is 2. The van der Waals surface area contributed by atoms with Gasteiger partial charge in [-0.3, -0.25) is 4.90 Å². The second-order valence-corrected chi connectivity index (χ2v) is 5.48. The minimum Gasteiger partial charge on any atom is -0.396 e. The second-order valence-electron chi connectivity index (χ2n) is 5.48. The molecule has 0 aromatic heterocycles. The Morgan fingerprint density at radius 1 is 1.47 bits per heavy atom. The lowest BCUT2D eigenvalue weighted by atomic mass is 10.1. The Morgan fingerprint density at radius 3 is 2.95 bits per heavy atom. The number of likely N-dealkylation sites (tertiary alicyclic amines) is 1. The number of hydrogen-bond acceptors (Lipinski definition) is 3. The third-order valence-corrected chi connectivity index (χ3v) is 3.95. The van der Waals surface area contributed by atoms with Crippen LogP contribution in [0.1, 0.15) is 25.3 Å². The molecule has 1 aromatic rings. The van der Waals surface area contributed by atoms with Gasteiger partial charge in [0.25, 0.3) is 0 Å². The van der Waals surface area contributed by atoms with Crippen LogP contribution in [0.25, 0.3) is 0 Å². The highest BCUT2D eigenvalue weighted by Crippen LogP contribution is 2.18. The van der Waals surface area contributed by atoms with Crippen LogP contribution in [0, 0.1) is 5.82 Å². The monoisotopic (exact) mass is 265 g/mol. The van der Waals surface area contributed by atoms with Crippen LogP contribution >= 0.6 is 0 Å². The van der Waals surface area contributed by atoms with Gasteiger partial charge in [0, 0.05) is 19.1 Å². The summed E-state index contributed by atoms with van der Waals surface area (Å²) >= 11 is 0. The maximum absolute atomic E-state index is 13.4. The summed E-state index contributed by atoms with van der Waals surface area (Å²) in [5.41, 5.74) is 6.70. The molecule has 1 aliphatic rings. The molecule has 1 heterocycles. The Hall–Kier alpha value is -1.13. The molecule has 2 N–H and O–H groups in total. The average Bonchev–Trinajstić information content (AvgIpc) is 2.81. The Balaban J connectivity index is 1.90. The SMILES string of the molecule is CCN1CCCC1CN(C)Cc1ccc(N)c(F)c1. The second kappa shape index (κ2) is 6.35. The molecule has 1 unspecified atom stereocenters. The molecule has 0 amide bonds. The van der Waals surface area contributed by atoms with Gasteiger partial charge in [0.2, 0.25) is 0 Å². The highest BCUT2D eigenvalue weighted by atomic mass is 19.1. The molecule has 0 radical (unpaired) electrons. The van der Waals surface area contributed by atoms with Crippen molar-refractivity contribution in [1.82, 2.24) is 9.80 Å². The average molecular weight is 265 g/mol. The molecule has 1 aliphatic heterocycles. The molecule has 2 rings (SSSR count). The van der Waals surface area contributed by atoms with Crippen LogP contribution in [0.15, 0.2) is 18.2 Å². The van der Waals surface area contributed by atoms with Gasteiger partial charge in [0.05, 0.1) is 5.69 Å². The lowest BCUT2D eigenvalue weighted by molar-refractivity contribution is 0.194. The van der Waals surface area contributed by atoms with Crippen LogP contribution in [-0.2, 0) is 6.54 Å². The Kier molecular flexibility index (Phi) is 4.77. The number of halogens is 1. The van der Waals surface area contributed by atoms with E-state index in [1.54, 1.807) is 6.07 Å². The van der Waals surface area contributed by atoms with Crippen molar-refractivity contribution in [2.24, 2.45) is 0 Å². The normalized spacial score (nSPS) is 20.3. The van der Waals surface area contributed by atoms with Gasteiger partial charge in [-0.15, -0.1) is 0 Å². The predicted molar refractivity (Wildman–Crippen MR) is 77.4 cm³/mol. The molecule has 0 saturated carbocycles. The summed E-state index contributed by atoms with van der Waals surface area (Å²) in [5.74, 6) is -0.318. The minimum atomic E-state index is -0.318.